The molecule has 6 heteroatoms. The first kappa shape index (κ1) is 11.3. The summed E-state index contributed by atoms with van der Waals surface area (Å²) in [5.74, 6) is 0. The molecule has 0 N–H and O–H groups in total. The minimum Gasteiger partial charge on any atom is -0.308 e. The Kier molecular flexibility index (Phi) is 2.42. The van der Waals surface area contributed by atoms with Crippen LogP contribution in [0.1, 0.15) is 11.1 Å². The number of nitro groups is 1. The van der Waals surface area contributed by atoms with Crippen molar-refractivity contribution in [2.75, 3.05) is 0 Å². The van der Waals surface area contributed by atoms with E-state index in [0.717, 1.165) is 0 Å². The summed E-state index contributed by atoms with van der Waals surface area (Å²) in [7, 11) is 1.59. The number of benzene rings is 1. The SMILES string of the molecule is Cc1cc([N+](=O)[O-])c(C)c2c1ncc(=O)n2C. The highest BCUT2D eigenvalue weighted by Crippen LogP contribution is 2.27. The molecular formula is C11H11N3O3. The highest BCUT2D eigenvalue weighted by molar-refractivity contribution is 5.85. The number of rotatable bonds is 1. The molecule has 1 aromatic carbocycles. The van der Waals surface area contributed by atoms with Crippen molar-refractivity contribution in [3.05, 3.63) is 43.9 Å². The van der Waals surface area contributed by atoms with E-state index in [2.05, 4.69) is 4.98 Å². The molecule has 88 valence electrons. The van der Waals surface area contributed by atoms with Crippen molar-refractivity contribution in [2.45, 2.75) is 13.8 Å². The van der Waals surface area contributed by atoms with Crippen LogP contribution in [0, 0.1) is 24.0 Å². The average Bonchev–Trinajstić information content (AvgIpc) is 2.26. The van der Waals surface area contributed by atoms with Gasteiger partial charge in [-0.3, -0.25) is 14.9 Å². The molecule has 1 aromatic heterocycles. The summed E-state index contributed by atoms with van der Waals surface area (Å²) in [5.41, 5.74) is 2.02. The van der Waals surface area contributed by atoms with Crippen molar-refractivity contribution in [1.82, 2.24) is 9.55 Å². The molecule has 0 aliphatic carbocycles. The van der Waals surface area contributed by atoms with Crippen molar-refractivity contribution in [2.24, 2.45) is 7.05 Å². The number of nitrogens with zero attached hydrogens (tertiary/aromatic N) is 3. The molecule has 17 heavy (non-hydrogen) atoms. The van der Waals surface area contributed by atoms with Crippen LogP contribution in [-0.4, -0.2) is 14.5 Å². The molecule has 2 rings (SSSR count). The topological polar surface area (TPSA) is 78.0 Å². The molecule has 0 atom stereocenters. The third-order valence-corrected chi connectivity index (χ3v) is 2.86. The number of hydrogen-bond donors (Lipinski definition) is 0. The third-order valence-electron chi connectivity index (χ3n) is 2.86. The predicted molar refractivity (Wildman–Crippen MR) is 63.1 cm³/mol. The zero-order chi connectivity index (χ0) is 12.7. The van der Waals surface area contributed by atoms with E-state index >= 15 is 0 Å². The number of hydrogen-bond acceptors (Lipinski definition) is 4. The van der Waals surface area contributed by atoms with Gasteiger partial charge in [-0.15, -0.1) is 0 Å². The Bertz CT molecular complexity index is 688. The van der Waals surface area contributed by atoms with E-state index in [1.54, 1.807) is 20.9 Å². The van der Waals surface area contributed by atoms with Gasteiger partial charge in [0.15, 0.2) is 0 Å². The summed E-state index contributed by atoms with van der Waals surface area (Å²) in [6.45, 7) is 3.37. The fourth-order valence-electron chi connectivity index (χ4n) is 1.95. The van der Waals surface area contributed by atoms with Crippen LogP contribution in [0.5, 0.6) is 0 Å². The van der Waals surface area contributed by atoms with Crippen LogP contribution in [0.4, 0.5) is 5.69 Å². The maximum absolute atomic E-state index is 11.5. The standard InChI is InChI=1S/C11H11N3O3/c1-6-4-8(14(16)17)7(2)11-10(6)12-5-9(15)13(11)3/h4-5H,1-3H3. The second-order valence-electron chi connectivity index (χ2n) is 3.95. The predicted octanol–water partition coefficient (Wildman–Crippen LogP) is 1.46. The Morgan fingerprint density at radius 2 is 2.06 bits per heavy atom. The Balaban J connectivity index is 3.06. The molecule has 0 aliphatic rings. The third kappa shape index (κ3) is 1.57. The lowest BCUT2D eigenvalue weighted by Crippen LogP contribution is -2.18. The molecule has 2 aromatic rings. The lowest BCUT2D eigenvalue weighted by atomic mass is 10.1. The Morgan fingerprint density at radius 1 is 1.41 bits per heavy atom. The van der Waals surface area contributed by atoms with Gasteiger partial charge in [-0.05, 0) is 19.4 Å². The van der Waals surface area contributed by atoms with Gasteiger partial charge in [-0.2, -0.15) is 0 Å². The van der Waals surface area contributed by atoms with E-state index in [1.807, 2.05) is 0 Å². The van der Waals surface area contributed by atoms with E-state index in [4.69, 9.17) is 0 Å². The normalized spacial score (nSPS) is 10.8. The van der Waals surface area contributed by atoms with E-state index < -0.39 is 4.92 Å². The summed E-state index contributed by atoms with van der Waals surface area (Å²) in [5, 5.41) is 10.9. The van der Waals surface area contributed by atoms with Gasteiger partial charge in [0.05, 0.1) is 27.7 Å². The van der Waals surface area contributed by atoms with Crippen molar-refractivity contribution in [1.29, 1.82) is 0 Å². The molecule has 6 nitrogen and oxygen atoms in total. The molecular weight excluding hydrogens is 222 g/mol. The summed E-state index contributed by atoms with van der Waals surface area (Å²) in [6.07, 6.45) is 1.22. The first-order valence-corrected chi connectivity index (χ1v) is 5.04. The van der Waals surface area contributed by atoms with Gasteiger partial charge in [-0.25, -0.2) is 4.98 Å². The molecule has 0 amide bonds. The highest BCUT2D eigenvalue weighted by atomic mass is 16.6. The molecule has 0 aliphatic heterocycles. The van der Waals surface area contributed by atoms with Crippen molar-refractivity contribution < 1.29 is 4.92 Å². The summed E-state index contributed by atoms with van der Waals surface area (Å²) in [4.78, 5) is 26.0. The van der Waals surface area contributed by atoms with Gasteiger partial charge >= 0.3 is 0 Å². The number of nitro benzene ring substituents is 1. The van der Waals surface area contributed by atoms with Crippen LogP contribution in [0.3, 0.4) is 0 Å². The number of fused-ring (bicyclic) bond motifs is 1. The zero-order valence-corrected chi connectivity index (χ0v) is 9.72. The average molecular weight is 233 g/mol. The zero-order valence-electron chi connectivity index (χ0n) is 9.72. The van der Waals surface area contributed by atoms with Gasteiger partial charge < -0.3 is 4.57 Å². The van der Waals surface area contributed by atoms with Crippen LogP contribution in [0.2, 0.25) is 0 Å². The summed E-state index contributed by atoms with van der Waals surface area (Å²) >= 11 is 0. The van der Waals surface area contributed by atoms with E-state index in [-0.39, 0.29) is 11.2 Å². The monoisotopic (exact) mass is 233 g/mol. The molecule has 0 fully saturated rings. The van der Waals surface area contributed by atoms with Gasteiger partial charge in [0.25, 0.3) is 11.2 Å². The molecule has 0 saturated carbocycles. The van der Waals surface area contributed by atoms with Crippen LogP contribution >= 0.6 is 0 Å². The molecule has 0 bridgehead atoms. The van der Waals surface area contributed by atoms with Crippen LogP contribution in [-0.2, 0) is 7.05 Å². The number of aryl methyl sites for hydroxylation is 3. The maximum Gasteiger partial charge on any atom is 0.274 e. The lowest BCUT2D eigenvalue weighted by molar-refractivity contribution is -0.385. The molecule has 0 radical (unpaired) electrons. The Labute approximate surface area is 96.7 Å². The summed E-state index contributed by atoms with van der Waals surface area (Å²) in [6, 6.07) is 1.48. The van der Waals surface area contributed by atoms with Crippen molar-refractivity contribution >= 4 is 16.7 Å². The van der Waals surface area contributed by atoms with Crippen LogP contribution in [0.25, 0.3) is 11.0 Å². The quantitative estimate of drug-likeness (QED) is 0.551. The smallest absolute Gasteiger partial charge is 0.274 e. The first-order valence-electron chi connectivity index (χ1n) is 5.04. The van der Waals surface area contributed by atoms with E-state index in [1.165, 1.54) is 16.8 Å². The van der Waals surface area contributed by atoms with Gasteiger partial charge in [-0.1, -0.05) is 0 Å². The Morgan fingerprint density at radius 3 is 2.65 bits per heavy atom. The van der Waals surface area contributed by atoms with Crippen LogP contribution in [0.15, 0.2) is 17.1 Å². The first-order chi connectivity index (χ1) is 7.93. The second kappa shape index (κ2) is 3.65. The van der Waals surface area contributed by atoms with Crippen molar-refractivity contribution in [3.63, 3.8) is 0 Å². The fourth-order valence-corrected chi connectivity index (χ4v) is 1.95. The minimum atomic E-state index is -0.445. The van der Waals surface area contributed by atoms with E-state index in [0.29, 0.717) is 22.2 Å². The van der Waals surface area contributed by atoms with Gasteiger partial charge in [0.2, 0.25) is 0 Å². The fraction of sp³-hybridized carbons (Fsp3) is 0.273. The van der Waals surface area contributed by atoms with Crippen LogP contribution < -0.4 is 5.56 Å². The minimum absolute atomic E-state index is 0.0120. The molecule has 0 spiro atoms. The van der Waals surface area contributed by atoms with Crippen molar-refractivity contribution in [3.8, 4) is 0 Å². The molecule has 1 heterocycles. The Hall–Kier alpha value is -2.24. The summed E-state index contributed by atoms with van der Waals surface area (Å²) < 4.78 is 1.39. The molecule has 0 unspecified atom stereocenters. The number of aromatic nitrogens is 2. The highest BCUT2D eigenvalue weighted by Gasteiger charge is 2.18. The second-order valence-corrected chi connectivity index (χ2v) is 3.95. The van der Waals surface area contributed by atoms with E-state index in [9.17, 15) is 14.9 Å². The van der Waals surface area contributed by atoms with Gasteiger partial charge in [0.1, 0.15) is 0 Å². The van der Waals surface area contributed by atoms with Gasteiger partial charge in [0, 0.05) is 13.1 Å². The largest absolute Gasteiger partial charge is 0.308 e. The lowest BCUT2D eigenvalue weighted by Gasteiger charge is -2.09. The maximum atomic E-state index is 11.5. The molecule has 0 saturated heterocycles.